The highest BCUT2D eigenvalue weighted by Gasteiger charge is 2.27. The average molecular weight is 573 g/mol. The Hall–Kier alpha value is -5.12. The summed E-state index contributed by atoms with van der Waals surface area (Å²) in [4.78, 5) is 32.6. The van der Waals surface area contributed by atoms with Crippen molar-refractivity contribution in [3.63, 3.8) is 0 Å². The van der Waals surface area contributed by atoms with Crippen molar-refractivity contribution in [1.29, 1.82) is 0 Å². The first-order valence-electron chi connectivity index (χ1n) is 14.8. The number of hydrogen-bond donors (Lipinski definition) is 1. The predicted octanol–water partition coefficient (Wildman–Crippen LogP) is 4.47. The van der Waals surface area contributed by atoms with Crippen molar-refractivity contribution in [3.8, 4) is 22.5 Å². The van der Waals surface area contributed by atoms with E-state index in [4.69, 9.17) is 4.98 Å². The molecule has 10 nitrogen and oxygen atoms in total. The molecule has 216 valence electrons. The molecule has 43 heavy (non-hydrogen) atoms. The Kier molecular flexibility index (Phi) is 7.02. The predicted molar refractivity (Wildman–Crippen MR) is 165 cm³/mol. The minimum absolute atomic E-state index is 0.266. The van der Waals surface area contributed by atoms with E-state index in [1.54, 1.807) is 4.57 Å². The van der Waals surface area contributed by atoms with Crippen LogP contribution in [-0.4, -0.2) is 39.3 Å². The summed E-state index contributed by atoms with van der Waals surface area (Å²) in [6.45, 7) is 3.42. The number of nitrogens with zero attached hydrogens (tertiary/aromatic N) is 7. The largest absolute Gasteiger partial charge is 0.332 e. The molecule has 0 aliphatic heterocycles. The topological polar surface area (TPSA) is 116 Å². The molecule has 7 rings (SSSR count). The highest BCUT2D eigenvalue weighted by molar-refractivity contribution is 5.80. The summed E-state index contributed by atoms with van der Waals surface area (Å²) in [6.07, 6.45) is 3.44. The number of aromatic amines is 1. The zero-order valence-electron chi connectivity index (χ0n) is 24.0. The van der Waals surface area contributed by atoms with Crippen LogP contribution in [-0.2, 0) is 32.5 Å². The van der Waals surface area contributed by atoms with Gasteiger partial charge in [0.1, 0.15) is 5.82 Å². The third-order valence-corrected chi connectivity index (χ3v) is 8.23. The van der Waals surface area contributed by atoms with Gasteiger partial charge >= 0.3 is 5.69 Å². The first-order valence-corrected chi connectivity index (χ1v) is 14.8. The van der Waals surface area contributed by atoms with Gasteiger partial charge in [0.05, 0.1) is 0 Å². The van der Waals surface area contributed by atoms with Crippen molar-refractivity contribution in [2.75, 3.05) is 0 Å². The molecule has 1 N–H and O–H groups in total. The van der Waals surface area contributed by atoms with Crippen LogP contribution in [0.4, 0.5) is 0 Å². The molecule has 1 aliphatic rings. The maximum Gasteiger partial charge on any atom is 0.332 e. The standard InChI is InChI=1S/C33H32N8O2/c1-2-28-34-31-29(32(42)39(19-18-22-8-4-3-5-9-22)33(43)41(31)21-23-12-13-23)40(28)20-24-14-16-25(17-15-24)26-10-6-7-11-27(26)30-35-37-38-36-30/h3-11,14-17,23H,2,12-13,18-21H2,1H3,(H,35,36,37,38). The number of benzene rings is 3. The van der Waals surface area contributed by atoms with Gasteiger partial charge in [0, 0.05) is 31.6 Å². The first kappa shape index (κ1) is 26.8. The van der Waals surface area contributed by atoms with Gasteiger partial charge in [0.25, 0.3) is 5.56 Å². The number of tetrazole rings is 1. The number of aryl methyl sites for hydroxylation is 2. The summed E-state index contributed by atoms with van der Waals surface area (Å²) in [7, 11) is 0. The maximum absolute atomic E-state index is 14.0. The molecule has 0 amide bonds. The fourth-order valence-electron chi connectivity index (χ4n) is 5.76. The van der Waals surface area contributed by atoms with Gasteiger partial charge in [-0.3, -0.25) is 13.9 Å². The van der Waals surface area contributed by atoms with Crippen LogP contribution < -0.4 is 11.2 Å². The summed E-state index contributed by atoms with van der Waals surface area (Å²) in [5.74, 6) is 1.79. The smallest absolute Gasteiger partial charge is 0.318 e. The molecule has 0 spiro atoms. The first-order chi connectivity index (χ1) is 21.1. The molecule has 0 atom stereocenters. The van der Waals surface area contributed by atoms with E-state index in [0.717, 1.165) is 46.5 Å². The minimum atomic E-state index is -0.277. The molecule has 1 fully saturated rings. The van der Waals surface area contributed by atoms with E-state index in [-0.39, 0.29) is 11.2 Å². The molecule has 0 saturated heterocycles. The Balaban J connectivity index is 1.27. The van der Waals surface area contributed by atoms with E-state index in [9.17, 15) is 9.59 Å². The van der Waals surface area contributed by atoms with Crippen LogP contribution in [0.3, 0.4) is 0 Å². The minimum Gasteiger partial charge on any atom is -0.318 e. The Morgan fingerprint density at radius 3 is 2.28 bits per heavy atom. The Morgan fingerprint density at radius 2 is 1.58 bits per heavy atom. The number of imidazole rings is 1. The summed E-state index contributed by atoms with van der Waals surface area (Å²) in [5, 5.41) is 14.5. The third-order valence-electron chi connectivity index (χ3n) is 8.23. The van der Waals surface area contributed by atoms with Crippen molar-refractivity contribution in [2.24, 2.45) is 5.92 Å². The van der Waals surface area contributed by atoms with E-state index in [0.29, 0.717) is 55.4 Å². The number of nitrogens with one attached hydrogen (secondary N) is 1. The molecule has 0 bridgehead atoms. The van der Waals surface area contributed by atoms with Crippen molar-refractivity contribution in [1.82, 2.24) is 39.3 Å². The molecule has 1 saturated carbocycles. The van der Waals surface area contributed by atoms with Gasteiger partial charge in [0.15, 0.2) is 11.2 Å². The number of rotatable bonds is 10. The molecular weight excluding hydrogens is 540 g/mol. The lowest BCUT2D eigenvalue weighted by Crippen LogP contribution is -2.41. The maximum atomic E-state index is 14.0. The monoisotopic (exact) mass is 572 g/mol. The van der Waals surface area contributed by atoms with E-state index in [1.807, 2.05) is 66.1 Å². The lowest BCUT2D eigenvalue weighted by atomic mass is 9.98. The van der Waals surface area contributed by atoms with Gasteiger partial charge < -0.3 is 4.57 Å². The second kappa shape index (κ2) is 11.3. The summed E-state index contributed by atoms with van der Waals surface area (Å²) < 4.78 is 5.15. The number of aromatic nitrogens is 8. The van der Waals surface area contributed by atoms with Gasteiger partial charge in [-0.05, 0) is 52.6 Å². The van der Waals surface area contributed by atoms with E-state index in [1.165, 1.54) is 4.57 Å². The zero-order valence-corrected chi connectivity index (χ0v) is 24.0. The number of H-pyrrole nitrogens is 1. The second-order valence-electron chi connectivity index (χ2n) is 11.1. The van der Waals surface area contributed by atoms with Crippen LogP contribution in [0.1, 0.15) is 36.7 Å². The molecule has 6 aromatic rings. The fourth-order valence-corrected chi connectivity index (χ4v) is 5.76. The van der Waals surface area contributed by atoms with Crippen LogP contribution in [0.5, 0.6) is 0 Å². The van der Waals surface area contributed by atoms with Gasteiger partial charge in [-0.1, -0.05) is 85.8 Å². The van der Waals surface area contributed by atoms with Crippen LogP contribution in [0.25, 0.3) is 33.7 Å². The van der Waals surface area contributed by atoms with Gasteiger partial charge in [-0.2, -0.15) is 5.21 Å². The van der Waals surface area contributed by atoms with E-state index < -0.39 is 0 Å². The lowest BCUT2D eigenvalue weighted by molar-refractivity contribution is 0.541. The van der Waals surface area contributed by atoms with Crippen molar-refractivity contribution >= 4 is 11.2 Å². The Morgan fingerprint density at radius 1 is 0.837 bits per heavy atom. The van der Waals surface area contributed by atoms with E-state index >= 15 is 0 Å². The van der Waals surface area contributed by atoms with Gasteiger partial charge in [-0.15, -0.1) is 10.2 Å². The summed E-state index contributed by atoms with van der Waals surface area (Å²) >= 11 is 0. The van der Waals surface area contributed by atoms with Gasteiger partial charge in [0.2, 0.25) is 5.82 Å². The van der Waals surface area contributed by atoms with Crippen LogP contribution in [0, 0.1) is 5.92 Å². The van der Waals surface area contributed by atoms with Crippen LogP contribution in [0.15, 0.2) is 88.5 Å². The third kappa shape index (κ3) is 5.20. The Bertz CT molecular complexity index is 2000. The quantitative estimate of drug-likeness (QED) is 0.259. The SMILES string of the molecule is CCc1nc2c(c(=O)n(CCc3ccccc3)c(=O)n2CC2CC2)n1Cc1ccc(-c2ccccc2-c2nn[nH]n2)cc1. The number of hydrogen-bond acceptors (Lipinski definition) is 6. The van der Waals surface area contributed by atoms with Crippen molar-refractivity contribution in [3.05, 3.63) is 117 Å². The Labute approximate surface area is 247 Å². The molecule has 3 heterocycles. The van der Waals surface area contributed by atoms with Crippen LogP contribution in [0.2, 0.25) is 0 Å². The van der Waals surface area contributed by atoms with Gasteiger partial charge in [-0.25, -0.2) is 9.78 Å². The molecule has 0 unspecified atom stereocenters. The highest BCUT2D eigenvalue weighted by Crippen LogP contribution is 2.32. The zero-order chi connectivity index (χ0) is 29.3. The van der Waals surface area contributed by atoms with E-state index in [2.05, 4.69) is 44.9 Å². The molecule has 10 heteroatoms. The highest BCUT2D eigenvalue weighted by atomic mass is 16.2. The molecule has 3 aromatic carbocycles. The normalized spacial score (nSPS) is 13.1. The summed E-state index contributed by atoms with van der Waals surface area (Å²) in [5.41, 5.74) is 5.49. The van der Waals surface area contributed by atoms with Crippen molar-refractivity contribution in [2.45, 2.75) is 52.2 Å². The summed E-state index contributed by atoms with van der Waals surface area (Å²) in [6, 6.07) is 26.2. The fraction of sp³-hybridized carbons (Fsp3) is 0.273. The van der Waals surface area contributed by atoms with Crippen LogP contribution >= 0.6 is 0 Å². The average Bonchev–Trinajstić information content (AvgIpc) is 3.55. The lowest BCUT2D eigenvalue weighted by Gasteiger charge is -2.13. The second-order valence-corrected chi connectivity index (χ2v) is 11.1. The molecule has 0 radical (unpaired) electrons. The molecule has 1 aliphatic carbocycles. The van der Waals surface area contributed by atoms with Crippen molar-refractivity contribution < 1.29 is 0 Å². The number of fused-ring (bicyclic) bond motifs is 1. The molecule has 3 aromatic heterocycles. The molecular formula is C33H32N8O2.